The first-order chi connectivity index (χ1) is 18.4. The van der Waals surface area contributed by atoms with Crippen LogP contribution >= 0.6 is 0 Å². The number of carbonyl (C=O) groups is 1. The van der Waals surface area contributed by atoms with Crippen molar-refractivity contribution in [1.82, 2.24) is 19.3 Å². The number of amides is 1. The number of nitrogens with zero attached hydrogens (tertiary/aromatic N) is 3. The van der Waals surface area contributed by atoms with E-state index in [-0.39, 0.29) is 33.1 Å². The van der Waals surface area contributed by atoms with Crippen LogP contribution < -0.4 is 10.0 Å². The summed E-state index contributed by atoms with van der Waals surface area (Å²) in [6.45, 7) is 0.320. The Morgan fingerprint density at radius 2 is 1.79 bits per heavy atom. The number of nitrogens with one attached hydrogen (secondary N) is 2. The van der Waals surface area contributed by atoms with E-state index in [0.717, 1.165) is 53.9 Å². The molecule has 204 valence electrons. The molecule has 0 bridgehead atoms. The highest BCUT2D eigenvalue weighted by Gasteiger charge is 2.30. The van der Waals surface area contributed by atoms with Gasteiger partial charge in [-0.05, 0) is 55.2 Å². The van der Waals surface area contributed by atoms with E-state index in [1.165, 1.54) is 24.3 Å². The Hall–Kier alpha value is -3.91. The van der Waals surface area contributed by atoms with Crippen LogP contribution in [0.5, 0.6) is 0 Å². The lowest BCUT2D eigenvalue weighted by Crippen LogP contribution is -2.26. The van der Waals surface area contributed by atoms with Crippen LogP contribution in [-0.4, -0.2) is 35.5 Å². The molecule has 2 aromatic heterocycles. The van der Waals surface area contributed by atoms with Gasteiger partial charge in [0, 0.05) is 17.8 Å². The van der Waals surface area contributed by atoms with Gasteiger partial charge in [0.15, 0.2) is 5.65 Å². The average molecular weight is 566 g/mol. The zero-order chi connectivity index (χ0) is 27.9. The lowest BCUT2D eigenvalue weighted by Gasteiger charge is -2.11. The summed E-state index contributed by atoms with van der Waals surface area (Å²) in [7, 11) is -3.81. The van der Waals surface area contributed by atoms with Crippen LogP contribution in [0.4, 0.5) is 27.6 Å². The SMILES string of the molecule is O=C(Nc1cccc(S(=O)(=O)NCC2CC2)c1)c1cnn2c(C(F)F)cc(-c3ccc(C(F)(F)F)cc3)nc12. The van der Waals surface area contributed by atoms with Crippen molar-refractivity contribution >= 4 is 27.3 Å². The second kappa shape index (κ2) is 10.0. The van der Waals surface area contributed by atoms with Gasteiger partial charge in [-0.25, -0.2) is 31.4 Å². The van der Waals surface area contributed by atoms with Crippen LogP contribution in [0.15, 0.2) is 65.7 Å². The Bertz CT molecular complexity index is 1650. The first kappa shape index (κ1) is 26.7. The molecule has 0 atom stereocenters. The number of hydrogen-bond donors (Lipinski definition) is 2. The minimum Gasteiger partial charge on any atom is -0.322 e. The number of alkyl halides is 5. The molecule has 8 nitrogen and oxygen atoms in total. The summed E-state index contributed by atoms with van der Waals surface area (Å²) >= 11 is 0. The largest absolute Gasteiger partial charge is 0.416 e. The number of aromatic nitrogens is 3. The molecule has 4 aromatic rings. The molecule has 2 N–H and O–H groups in total. The molecule has 0 aliphatic heterocycles. The smallest absolute Gasteiger partial charge is 0.322 e. The number of anilines is 1. The van der Waals surface area contributed by atoms with Gasteiger partial charge in [-0.15, -0.1) is 0 Å². The van der Waals surface area contributed by atoms with E-state index in [2.05, 4.69) is 20.1 Å². The van der Waals surface area contributed by atoms with Crippen molar-refractivity contribution < 1.29 is 35.2 Å². The summed E-state index contributed by atoms with van der Waals surface area (Å²) in [4.78, 5) is 17.2. The zero-order valence-electron chi connectivity index (χ0n) is 19.9. The number of fused-ring (bicyclic) bond motifs is 1. The molecule has 14 heteroatoms. The normalized spacial score (nSPS) is 14.2. The number of hydrogen-bond acceptors (Lipinski definition) is 5. The van der Waals surface area contributed by atoms with Crippen LogP contribution in [-0.2, 0) is 16.2 Å². The third-order valence-electron chi connectivity index (χ3n) is 6.14. The van der Waals surface area contributed by atoms with E-state index in [1.807, 2.05) is 0 Å². The monoisotopic (exact) mass is 565 g/mol. The molecule has 5 rings (SSSR count). The van der Waals surface area contributed by atoms with Crippen molar-refractivity contribution in [3.63, 3.8) is 0 Å². The number of halogens is 5. The molecule has 1 fully saturated rings. The van der Waals surface area contributed by atoms with E-state index < -0.39 is 39.8 Å². The third-order valence-corrected chi connectivity index (χ3v) is 7.56. The number of benzene rings is 2. The Morgan fingerprint density at radius 3 is 2.44 bits per heavy atom. The van der Waals surface area contributed by atoms with Crippen molar-refractivity contribution in [1.29, 1.82) is 0 Å². The molecule has 1 amide bonds. The lowest BCUT2D eigenvalue weighted by molar-refractivity contribution is -0.137. The second-order valence-electron chi connectivity index (χ2n) is 9.01. The van der Waals surface area contributed by atoms with Gasteiger partial charge in [-0.1, -0.05) is 18.2 Å². The minimum atomic E-state index is -4.58. The van der Waals surface area contributed by atoms with Gasteiger partial charge in [-0.2, -0.15) is 18.3 Å². The molecule has 0 saturated heterocycles. The Balaban J connectivity index is 1.46. The summed E-state index contributed by atoms with van der Waals surface area (Å²) in [5.74, 6) is -0.487. The third kappa shape index (κ3) is 5.76. The van der Waals surface area contributed by atoms with Crippen LogP contribution in [0.1, 0.15) is 40.9 Å². The predicted octanol–water partition coefficient (Wildman–Crippen LogP) is 5.29. The van der Waals surface area contributed by atoms with Crippen molar-refractivity contribution in [3.05, 3.63) is 77.6 Å². The summed E-state index contributed by atoms with van der Waals surface area (Å²) in [6, 6.07) is 10.3. The van der Waals surface area contributed by atoms with Gasteiger partial charge in [0.25, 0.3) is 12.3 Å². The van der Waals surface area contributed by atoms with Gasteiger partial charge < -0.3 is 5.32 Å². The molecule has 1 saturated carbocycles. The molecular weight excluding hydrogens is 545 g/mol. The maximum absolute atomic E-state index is 13.8. The first-order valence-corrected chi connectivity index (χ1v) is 13.2. The lowest BCUT2D eigenvalue weighted by atomic mass is 10.1. The van der Waals surface area contributed by atoms with E-state index in [0.29, 0.717) is 12.5 Å². The Labute approximate surface area is 218 Å². The van der Waals surface area contributed by atoms with Crippen molar-refractivity contribution in [3.8, 4) is 11.3 Å². The second-order valence-corrected chi connectivity index (χ2v) is 10.8. The highest BCUT2D eigenvalue weighted by molar-refractivity contribution is 7.89. The van der Waals surface area contributed by atoms with E-state index in [1.54, 1.807) is 0 Å². The zero-order valence-corrected chi connectivity index (χ0v) is 20.7. The molecule has 0 unspecified atom stereocenters. The molecule has 1 aliphatic carbocycles. The topological polar surface area (TPSA) is 105 Å². The maximum atomic E-state index is 13.8. The summed E-state index contributed by atoms with van der Waals surface area (Å²) in [5, 5.41) is 6.37. The van der Waals surface area contributed by atoms with E-state index in [9.17, 15) is 35.2 Å². The fourth-order valence-corrected chi connectivity index (χ4v) is 5.01. The van der Waals surface area contributed by atoms with Gasteiger partial charge >= 0.3 is 6.18 Å². The first-order valence-electron chi connectivity index (χ1n) is 11.7. The predicted molar refractivity (Wildman–Crippen MR) is 131 cm³/mol. The highest BCUT2D eigenvalue weighted by atomic mass is 32.2. The molecular formula is C25H20F5N5O3S. The van der Waals surface area contributed by atoms with E-state index >= 15 is 0 Å². The number of carbonyl (C=O) groups excluding carboxylic acids is 1. The fraction of sp³-hybridized carbons (Fsp3) is 0.240. The van der Waals surface area contributed by atoms with Crippen LogP contribution in [0.25, 0.3) is 16.9 Å². The molecule has 2 heterocycles. The Morgan fingerprint density at radius 1 is 1.08 bits per heavy atom. The average Bonchev–Trinajstić information content (AvgIpc) is 3.63. The Kier molecular flexibility index (Phi) is 6.84. The van der Waals surface area contributed by atoms with E-state index in [4.69, 9.17) is 0 Å². The highest BCUT2D eigenvalue weighted by Crippen LogP contribution is 2.32. The van der Waals surface area contributed by atoms with Crippen LogP contribution in [0.2, 0.25) is 0 Å². The van der Waals surface area contributed by atoms with Crippen molar-refractivity contribution in [2.75, 3.05) is 11.9 Å². The van der Waals surface area contributed by atoms with Gasteiger partial charge in [0.2, 0.25) is 10.0 Å². The standard InChI is InChI=1S/C25H20F5N5O3S/c26-22(27)21-11-20(15-6-8-16(9-7-15)25(28,29)30)34-23-19(13-31-35(21)23)24(36)33-17-2-1-3-18(10-17)39(37,38)32-12-14-4-5-14/h1-3,6-11,13-14,22,32H,4-5,12H2,(H,33,36). The van der Waals surface area contributed by atoms with Gasteiger partial charge in [0.1, 0.15) is 11.3 Å². The minimum absolute atomic E-state index is 0.0662. The maximum Gasteiger partial charge on any atom is 0.416 e. The summed E-state index contributed by atoms with van der Waals surface area (Å²) in [5.41, 5.74) is -1.84. The van der Waals surface area contributed by atoms with Crippen molar-refractivity contribution in [2.45, 2.75) is 30.3 Å². The fourth-order valence-electron chi connectivity index (χ4n) is 3.85. The molecule has 0 radical (unpaired) electrons. The molecule has 39 heavy (non-hydrogen) atoms. The van der Waals surface area contributed by atoms with Crippen LogP contribution in [0, 0.1) is 5.92 Å². The quantitative estimate of drug-likeness (QED) is 0.283. The number of sulfonamides is 1. The molecule has 0 spiro atoms. The summed E-state index contributed by atoms with van der Waals surface area (Å²) < 4.78 is 94.9. The molecule has 2 aromatic carbocycles. The molecule has 1 aliphatic rings. The van der Waals surface area contributed by atoms with Crippen LogP contribution in [0.3, 0.4) is 0 Å². The van der Waals surface area contributed by atoms with Gasteiger partial charge in [-0.3, -0.25) is 4.79 Å². The number of rotatable bonds is 8. The van der Waals surface area contributed by atoms with Gasteiger partial charge in [0.05, 0.1) is 22.3 Å². The summed E-state index contributed by atoms with van der Waals surface area (Å²) in [6.07, 6.45) is -4.67. The van der Waals surface area contributed by atoms with Crippen molar-refractivity contribution in [2.24, 2.45) is 5.92 Å².